The highest BCUT2D eigenvalue weighted by Gasteiger charge is 2.13. The molecule has 0 unspecified atom stereocenters. The second-order valence-corrected chi connectivity index (χ2v) is 4.30. The van der Waals surface area contributed by atoms with Gasteiger partial charge in [-0.15, -0.1) is 10.2 Å². The summed E-state index contributed by atoms with van der Waals surface area (Å²) in [5, 5.41) is 8.02. The van der Waals surface area contributed by atoms with Gasteiger partial charge in [0.25, 0.3) is 11.8 Å². The van der Waals surface area contributed by atoms with E-state index in [1.807, 2.05) is 54.6 Å². The van der Waals surface area contributed by atoms with Crippen LogP contribution in [0.25, 0.3) is 11.5 Å². The highest BCUT2D eigenvalue weighted by atomic mass is 16.5. The van der Waals surface area contributed by atoms with Gasteiger partial charge in [-0.3, -0.25) is 0 Å². The fraction of sp³-hybridized carbons (Fsp3) is 0.125. The second kappa shape index (κ2) is 6.09. The molecule has 0 N–H and O–H groups in total. The quantitative estimate of drug-likeness (QED) is 0.718. The minimum atomic E-state index is 0.228. The first-order valence-electron chi connectivity index (χ1n) is 6.50. The number of nitrogens with zero attached hydrogens (tertiary/aromatic N) is 2. The van der Waals surface area contributed by atoms with Crippen molar-refractivity contribution in [3.05, 3.63) is 60.5 Å². The van der Waals surface area contributed by atoms with Crippen molar-refractivity contribution in [1.82, 2.24) is 10.2 Å². The van der Waals surface area contributed by atoms with Gasteiger partial charge in [-0.1, -0.05) is 30.3 Å². The minimum absolute atomic E-state index is 0.228. The van der Waals surface area contributed by atoms with Crippen LogP contribution in [0, 0.1) is 0 Å². The van der Waals surface area contributed by atoms with E-state index >= 15 is 0 Å². The third-order valence-electron chi connectivity index (χ3n) is 2.91. The average molecular weight is 282 g/mol. The second-order valence-electron chi connectivity index (χ2n) is 4.30. The van der Waals surface area contributed by atoms with Crippen molar-refractivity contribution < 1.29 is 13.9 Å². The van der Waals surface area contributed by atoms with E-state index in [2.05, 4.69) is 10.2 Å². The Morgan fingerprint density at radius 2 is 1.71 bits per heavy atom. The third-order valence-corrected chi connectivity index (χ3v) is 2.91. The van der Waals surface area contributed by atoms with Crippen molar-refractivity contribution in [2.75, 3.05) is 7.11 Å². The number of hydrogen-bond donors (Lipinski definition) is 0. The Morgan fingerprint density at radius 3 is 2.52 bits per heavy atom. The smallest absolute Gasteiger partial charge is 0.254 e. The summed E-state index contributed by atoms with van der Waals surface area (Å²) in [4.78, 5) is 0. The average Bonchev–Trinajstić information content (AvgIpc) is 3.02. The summed E-state index contributed by atoms with van der Waals surface area (Å²) < 4.78 is 16.5. The third kappa shape index (κ3) is 3.02. The summed E-state index contributed by atoms with van der Waals surface area (Å²) in [5.41, 5.74) is 0.762. The molecule has 0 saturated heterocycles. The molecule has 5 nitrogen and oxygen atoms in total. The molecule has 0 aliphatic heterocycles. The lowest BCUT2D eigenvalue weighted by Gasteiger charge is -2.03. The molecule has 0 aliphatic carbocycles. The first-order chi connectivity index (χ1) is 10.4. The summed E-state index contributed by atoms with van der Waals surface area (Å²) in [6.45, 7) is 0.228. The van der Waals surface area contributed by atoms with Crippen molar-refractivity contribution in [2.45, 2.75) is 6.61 Å². The summed E-state index contributed by atoms with van der Waals surface area (Å²) >= 11 is 0. The number of methoxy groups -OCH3 is 1. The number of benzene rings is 2. The van der Waals surface area contributed by atoms with Gasteiger partial charge < -0.3 is 13.9 Å². The molecule has 106 valence electrons. The van der Waals surface area contributed by atoms with Crippen molar-refractivity contribution in [2.24, 2.45) is 0 Å². The number of hydrogen-bond acceptors (Lipinski definition) is 5. The molecule has 0 amide bonds. The summed E-state index contributed by atoms with van der Waals surface area (Å²) in [6, 6.07) is 17.0. The van der Waals surface area contributed by atoms with Crippen molar-refractivity contribution in [3.63, 3.8) is 0 Å². The highest BCUT2D eigenvalue weighted by Crippen LogP contribution is 2.28. The molecule has 0 fully saturated rings. The van der Waals surface area contributed by atoms with E-state index in [0.717, 1.165) is 11.3 Å². The van der Waals surface area contributed by atoms with E-state index < -0.39 is 0 Å². The van der Waals surface area contributed by atoms with Crippen LogP contribution < -0.4 is 9.47 Å². The molecule has 1 aromatic heterocycles. The first-order valence-corrected chi connectivity index (χ1v) is 6.50. The van der Waals surface area contributed by atoms with Crippen molar-refractivity contribution in [3.8, 4) is 23.0 Å². The van der Waals surface area contributed by atoms with Gasteiger partial charge in [-0.05, 0) is 24.3 Å². The van der Waals surface area contributed by atoms with E-state index in [4.69, 9.17) is 13.9 Å². The maximum absolute atomic E-state index is 5.61. The number of rotatable bonds is 5. The summed E-state index contributed by atoms with van der Waals surface area (Å²) in [7, 11) is 1.61. The van der Waals surface area contributed by atoms with Gasteiger partial charge in [0.2, 0.25) is 0 Å². The van der Waals surface area contributed by atoms with E-state index in [-0.39, 0.29) is 6.61 Å². The first kappa shape index (κ1) is 13.2. The van der Waals surface area contributed by atoms with Crippen molar-refractivity contribution >= 4 is 0 Å². The molecule has 3 aromatic rings. The van der Waals surface area contributed by atoms with Crippen LogP contribution in [0.5, 0.6) is 11.5 Å². The van der Waals surface area contributed by atoms with Crippen molar-refractivity contribution in [1.29, 1.82) is 0 Å². The molecule has 5 heteroatoms. The summed E-state index contributed by atoms with van der Waals surface area (Å²) in [5.74, 6) is 2.28. The molecule has 0 radical (unpaired) electrons. The Balaban J connectivity index is 1.74. The standard InChI is InChI=1S/C16H14N2O3/c1-19-14-10-6-5-9-13(14)16-18-17-15(21-16)11-20-12-7-3-2-4-8-12/h2-10H,11H2,1H3. The zero-order chi connectivity index (χ0) is 14.5. The monoisotopic (exact) mass is 282 g/mol. The van der Waals surface area contributed by atoms with Crippen LogP contribution in [-0.2, 0) is 6.61 Å². The number of ether oxygens (including phenoxy) is 2. The van der Waals surface area contributed by atoms with E-state index in [9.17, 15) is 0 Å². The fourth-order valence-corrected chi connectivity index (χ4v) is 1.90. The molecule has 21 heavy (non-hydrogen) atoms. The van der Waals surface area contributed by atoms with Gasteiger partial charge >= 0.3 is 0 Å². The molecule has 1 heterocycles. The largest absolute Gasteiger partial charge is 0.496 e. The van der Waals surface area contributed by atoms with Crippen LogP contribution in [0.1, 0.15) is 5.89 Å². The molecule has 0 spiro atoms. The SMILES string of the molecule is COc1ccccc1-c1nnc(COc2ccccc2)o1. The molecular formula is C16H14N2O3. The van der Waals surface area contributed by atoms with E-state index in [1.54, 1.807) is 7.11 Å². The van der Waals surface area contributed by atoms with Gasteiger partial charge in [0, 0.05) is 0 Å². The fourth-order valence-electron chi connectivity index (χ4n) is 1.90. The molecular weight excluding hydrogens is 268 g/mol. The molecule has 0 aliphatic rings. The molecule has 3 rings (SSSR count). The highest BCUT2D eigenvalue weighted by molar-refractivity contribution is 5.62. The molecule has 0 atom stereocenters. The van der Waals surface area contributed by atoms with Gasteiger partial charge in [0.1, 0.15) is 11.5 Å². The van der Waals surface area contributed by atoms with Crippen LogP contribution in [0.15, 0.2) is 59.0 Å². The van der Waals surface area contributed by atoms with Crippen LogP contribution >= 0.6 is 0 Å². The minimum Gasteiger partial charge on any atom is -0.496 e. The van der Waals surface area contributed by atoms with Gasteiger partial charge in [0.15, 0.2) is 6.61 Å². The molecule has 0 saturated carbocycles. The lowest BCUT2D eigenvalue weighted by Crippen LogP contribution is -1.95. The lowest BCUT2D eigenvalue weighted by molar-refractivity contribution is 0.264. The predicted molar refractivity (Wildman–Crippen MR) is 77.1 cm³/mol. The van der Waals surface area contributed by atoms with Crippen LogP contribution in [-0.4, -0.2) is 17.3 Å². The molecule has 2 aromatic carbocycles. The van der Waals surface area contributed by atoms with Gasteiger partial charge in [-0.25, -0.2) is 0 Å². The Labute approximate surface area is 122 Å². The Morgan fingerprint density at radius 1 is 0.952 bits per heavy atom. The Bertz CT molecular complexity index is 710. The predicted octanol–water partition coefficient (Wildman–Crippen LogP) is 3.32. The van der Waals surface area contributed by atoms with Crippen LogP contribution in [0.2, 0.25) is 0 Å². The maximum Gasteiger partial charge on any atom is 0.254 e. The molecule has 0 bridgehead atoms. The van der Waals surface area contributed by atoms with Crippen LogP contribution in [0.3, 0.4) is 0 Å². The number of aromatic nitrogens is 2. The zero-order valence-corrected chi connectivity index (χ0v) is 11.5. The van der Waals surface area contributed by atoms with E-state index in [1.165, 1.54) is 0 Å². The zero-order valence-electron chi connectivity index (χ0n) is 11.5. The Kier molecular flexibility index (Phi) is 3.82. The summed E-state index contributed by atoms with van der Waals surface area (Å²) in [6.07, 6.45) is 0. The number of para-hydroxylation sites is 2. The Hall–Kier alpha value is -2.82. The normalized spacial score (nSPS) is 10.3. The van der Waals surface area contributed by atoms with Gasteiger partial charge in [0.05, 0.1) is 12.7 Å². The van der Waals surface area contributed by atoms with Gasteiger partial charge in [-0.2, -0.15) is 0 Å². The topological polar surface area (TPSA) is 57.4 Å². The van der Waals surface area contributed by atoms with E-state index in [0.29, 0.717) is 17.5 Å². The van der Waals surface area contributed by atoms with Crippen LogP contribution in [0.4, 0.5) is 0 Å². The maximum atomic E-state index is 5.61. The lowest BCUT2D eigenvalue weighted by atomic mass is 10.2.